The largest absolute Gasteiger partial charge is 0.356 e. The molecule has 0 bridgehead atoms. The monoisotopic (exact) mass is 211 g/mol. The Hall–Kier alpha value is -1.10. The van der Waals surface area contributed by atoms with Crippen LogP contribution in [0.25, 0.3) is 0 Å². The van der Waals surface area contributed by atoms with Crippen molar-refractivity contribution >= 4 is 18.1 Å². The Morgan fingerprint density at radius 3 is 3.00 bits per heavy atom. The second-order valence-electron chi connectivity index (χ2n) is 3.77. The Morgan fingerprint density at radius 2 is 2.50 bits per heavy atom. The Bertz CT molecular complexity index is 406. The van der Waals surface area contributed by atoms with Gasteiger partial charge in [-0.25, -0.2) is 0 Å². The average Bonchev–Trinajstić information content (AvgIpc) is 2.61. The van der Waals surface area contributed by atoms with E-state index < -0.39 is 0 Å². The summed E-state index contributed by atoms with van der Waals surface area (Å²) in [6.45, 7) is 3.57. The predicted molar refractivity (Wildman–Crippen MR) is 55.5 cm³/mol. The molecule has 1 amide bonds. The molecule has 1 aromatic rings. The third-order valence-electron chi connectivity index (χ3n) is 2.43. The van der Waals surface area contributed by atoms with Gasteiger partial charge in [-0.2, -0.15) is 0 Å². The van der Waals surface area contributed by atoms with Crippen LogP contribution in [-0.4, -0.2) is 22.0 Å². The number of nitrogens with zero attached hydrogens (tertiary/aromatic N) is 1. The molecule has 1 aromatic heterocycles. The molecule has 4 nitrogen and oxygen atoms in total. The van der Waals surface area contributed by atoms with Crippen LogP contribution >= 0.6 is 12.2 Å². The van der Waals surface area contributed by atoms with E-state index in [9.17, 15) is 4.79 Å². The first kappa shape index (κ1) is 9.45. The summed E-state index contributed by atoms with van der Waals surface area (Å²) in [5, 5.41) is 2.82. The Balaban J connectivity index is 2.07. The zero-order valence-electron chi connectivity index (χ0n) is 8.04. The van der Waals surface area contributed by atoms with Crippen LogP contribution in [0.15, 0.2) is 6.20 Å². The highest BCUT2D eigenvalue weighted by Crippen LogP contribution is 2.12. The number of carbonyl (C=O) groups is 1. The van der Waals surface area contributed by atoms with E-state index in [0.29, 0.717) is 12.3 Å². The Kier molecular flexibility index (Phi) is 2.41. The molecule has 1 aliphatic heterocycles. The average molecular weight is 211 g/mol. The van der Waals surface area contributed by atoms with Crippen LogP contribution in [0.1, 0.15) is 12.1 Å². The fourth-order valence-electron chi connectivity index (χ4n) is 1.77. The van der Waals surface area contributed by atoms with Gasteiger partial charge < -0.3 is 14.9 Å². The number of aryl methyl sites for hydroxylation is 1. The number of imidazole rings is 1. The van der Waals surface area contributed by atoms with Gasteiger partial charge in [-0.1, -0.05) is 0 Å². The van der Waals surface area contributed by atoms with Crippen LogP contribution in [0, 0.1) is 17.6 Å². The van der Waals surface area contributed by atoms with Crippen LogP contribution in [0.4, 0.5) is 0 Å². The smallest absolute Gasteiger partial charge is 0.220 e. The van der Waals surface area contributed by atoms with Gasteiger partial charge in [-0.05, 0) is 19.1 Å². The van der Waals surface area contributed by atoms with Crippen molar-refractivity contribution in [1.82, 2.24) is 14.9 Å². The van der Waals surface area contributed by atoms with Crippen molar-refractivity contribution in [3.05, 3.63) is 16.7 Å². The summed E-state index contributed by atoms with van der Waals surface area (Å²) in [5.74, 6) is 0.526. The maximum Gasteiger partial charge on any atom is 0.220 e. The molecule has 1 fully saturated rings. The third kappa shape index (κ3) is 1.87. The lowest BCUT2D eigenvalue weighted by molar-refractivity contribution is -0.119. The number of aromatic nitrogens is 2. The molecule has 1 unspecified atom stereocenters. The summed E-state index contributed by atoms with van der Waals surface area (Å²) in [4.78, 5) is 14.0. The molecule has 76 valence electrons. The van der Waals surface area contributed by atoms with E-state index in [2.05, 4.69) is 10.3 Å². The third-order valence-corrected chi connectivity index (χ3v) is 2.77. The minimum absolute atomic E-state index is 0.147. The molecule has 14 heavy (non-hydrogen) atoms. The fourth-order valence-corrected chi connectivity index (χ4v) is 2.06. The van der Waals surface area contributed by atoms with Gasteiger partial charge in [0.2, 0.25) is 5.91 Å². The van der Waals surface area contributed by atoms with Gasteiger partial charge in [-0.15, -0.1) is 0 Å². The molecule has 2 N–H and O–H groups in total. The van der Waals surface area contributed by atoms with E-state index in [1.165, 1.54) is 0 Å². The summed E-state index contributed by atoms with van der Waals surface area (Å²) in [5.41, 5.74) is 1.06. The molecule has 2 heterocycles. The quantitative estimate of drug-likeness (QED) is 0.717. The molecular weight excluding hydrogens is 198 g/mol. The maximum atomic E-state index is 11.0. The lowest BCUT2D eigenvalue weighted by Crippen LogP contribution is -2.15. The van der Waals surface area contributed by atoms with Crippen molar-refractivity contribution in [2.45, 2.75) is 19.9 Å². The van der Waals surface area contributed by atoms with Crippen LogP contribution in [-0.2, 0) is 11.3 Å². The van der Waals surface area contributed by atoms with Crippen molar-refractivity contribution < 1.29 is 4.79 Å². The van der Waals surface area contributed by atoms with E-state index >= 15 is 0 Å². The van der Waals surface area contributed by atoms with E-state index in [4.69, 9.17) is 12.2 Å². The predicted octanol–water partition coefficient (Wildman–Crippen LogP) is 0.990. The maximum absolute atomic E-state index is 11.0. The number of H-pyrrole nitrogens is 1. The first-order chi connectivity index (χ1) is 6.65. The van der Waals surface area contributed by atoms with Crippen LogP contribution in [0.2, 0.25) is 0 Å². The second kappa shape index (κ2) is 3.57. The van der Waals surface area contributed by atoms with Crippen molar-refractivity contribution in [2.75, 3.05) is 6.54 Å². The molecule has 0 aromatic carbocycles. The molecule has 1 saturated heterocycles. The number of hydrogen-bond acceptors (Lipinski definition) is 2. The highest BCUT2D eigenvalue weighted by Gasteiger charge is 2.21. The highest BCUT2D eigenvalue weighted by molar-refractivity contribution is 7.71. The van der Waals surface area contributed by atoms with Crippen LogP contribution < -0.4 is 5.32 Å². The minimum Gasteiger partial charge on any atom is -0.356 e. The molecule has 1 aliphatic rings. The number of rotatable bonds is 2. The first-order valence-electron chi connectivity index (χ1n) is 4.68. The van der Waals surface area contributed by atoms with Crippen molar-refractivity contribution in [3.63, 3.8) is 0 Å². The van der Waals surface area contributed by atoms with Crippen molar-refractivity contribution in [3.8, 4) is 0 Å². The minimum atomic E-state index is 0.147. The van der Waals surface area contributed by atoms with Gasteiger partial charge in [-0.3, -0.25) is 4.79 Å². The number of nitrogens with one attached hydrogen (secondary N) is 2. The zero-order chi connectivity index (χ0) is 10.1. The molecule has 1 atom stereocenters. The summed E-state index contributed by atoms with van der Waals surface area (Å²) < 4.78 is 2.73. The fraction of sp³-hybridized carbons (Fsp3) is 0.556. The number of carbonyl (C=O) groups excluding carboxylic acids is 1. The second-order valence-corrected chi connectivity index (χ2v) is 4.16. The topological polar surface area (TPSA) is 49.8 Å². The molecule has 0 radical (unpaired) electrons. The Labute approximate surface area is 87.3 Å². The molecule has 0 saturated carbocycles. The van der Waals surface area contributed by atoms with Gasteiger partial charge >= 0.3 is 0 Å². The lowest BCUT2D eigenvalue weighted by atomic mass is 10.1. The SMILES string of the molecule is Cc1cn(CC2CNC(=O)C2)c(=S)[nH]1. The van der Waals surface area contributed by atoms with E-state index in [0.717, 1.165) is 23.6 Å². The standard InChI is InChI=1S/C9H13N3OS/c1-6-4-12(9(14)11-6)5-7-2-8(13)10-3-7/h4,7H,2-3,5H2,1H3,(H,10,13)(H,11,14). The molecular formula is C9H13N3OS. The number of aromatic amines is 1. The van der Waals surface area contributed by atoms with Crippen LogP contribution in [0.3, 0.4) is 0 Å². The van der Waals surface area contributed by atoms with Gasteiger partial charge in [0.25, 0.3) is 0 Å². The highest BCUT2D eigenvalue weighted by atomic mass is 32.1. The summed E-state index contributed by atoms with van der Waals surface area (Å²) in [6.07, 6.45) is 2.61. The number of amides is 1. The molecule has 0 aliphatic carbocycles. The summed E-state index contributed by atoms with van der Waals surface area (Å²) in [6, 6.07) is 0. The molecule has 5 heteroatoms. The van der Waals surface area contributed by atoms with Gasteiger partial charge in [0.05, 0.1) is 0 Å². The van der Waals surface area contributed by atoms with Crippen LogP contribution in [0.5, 0.6) is 0 Å². The lowest BCUT2D eigenvalue weighted by Gasteiger charge is -2.07. The molecule has 0 spiro atoms. The van der Waals surface area contributed by atoms with Gasteiger partial charge in [0, 0.05) is 37.3 Å². The summed E-state index contributed by atoms with van der Waals surface area (Å²) in [7, 11) is 0. The zero-order valence-corrected chi connectivity index (χ0v) is 8.86. The van der Waals surface area contributed by atoms with E-state index in [1.54, 1.807) is 0 Å². The Morgan fingerprint density at radius 1 is 1.71 bits per heavy atom. The van der Waals surface area contributed by atoms with Gasteiger partial charge in [0.15, 0.2) is 4.77 Å². The van der Waals surface area contributed by atoms with Gasteiger partial charge in [0.1, 0.15) is 0 Å². The van der Waals surface area contributed by atoms with Crippen molar-refractivity contribution in [2.24, 2.45) is 5.92 Å². The number of hydrogen-bond donors (Lipinski definition) is 2. The first-order valence-corrected chi connectivity index (χ1v) is 5.09. The van der Waals surface area contributed by atoms with E-state index in [-0.39, 0.29) is 5.91 Å². The molecule has 2 rings (SSSR count). The normalized spacial score (nSPS) is 21.2. The van der Waals surface area contributed by atoms with Crippen molar-refractivity contribution in [1.29, 1.82) is 0 Å². The summed E-state index contributed by atoms with van der Waals surface area (Å²) >= 11 is 5.14. The van der Waals surface area contributed by atoms with E-state index in [1.807, 2.05) is 17.7 Å².